The number of nitrogens with zero attached hydrogens (tertiary/aromatic N) is 9. The van der Waals surface area contributed by atoms with Crippen LogP contribution in [0, 0.1) is 0 Å². The summed E-state index contributed by atoms with van der Waals surface area (Å²) in [4.78, 5) is 134. The number of benzene rings is 3. The van der Waals surface area contributed by atoms with E-state index in [9.17, 15) is 48.3 Å². The van der Waals surface area contributed by atoms with Gasteiger partial charge in [-0.15, -0.1) is 11.6 Å². The fraction of sp³-hybridized carbons (Fsp3) is 0.241. The smallest absolute Gasteiger partial charge is 0.291 e. The zero-order valence-corrected chi connectivity index (χ0v) is 48.5. The van der Waals surface area contributed by atoms with Crippen LogP contribution in [0.3, 0.4) is 0 Å². The number of carbonyl (C=O) groups excluding carboxylic acids is 9. The van der Waals surface area contributed by atoms with Gasteiger partial charge in [0.15, 0.2) is 17.5 Å². The molecular weight excluding hydrogens is 1140 g/mol. The molecule has 0 saturated carbocycles. The Labute approximate surface area is 499 Å². The number of rotatable bonds is 20. The highest BCUT2D eigenvalue weighted by Crippen LogP contribution is 2.45. The van der Waals surface area contributed by atoms with E-state index in [2.05, 4.69) is 62.5 Å². The van der Waals surface area contributed by atoms with Crippen molar-refractivity contribution in [3.8, 4) is 5.75 Å². The summed E-state index contributed by atoms with van der Waals surface area (Å²) < 4.78 is 7.33. The Balaban J connectivity index is 0.655. The van der Waals surface area contributed by atoms with Gasteiger partial charge in [-0.2, -0.15) is 0 Å². The Morgan fingerprint density at radius 1 is 0.575 bits per heavy atom. The van der Waals surface area contributed by atoms with E-state index in [0.29, 0.717) is 45.6 Å². The second kappa shape index (κ2) is 24.7. The summed E-state index contributed by atoms with van der Waals surface area (Å²) in [5.41, 5.74) is 3.96. The van der Waals surface area contributed by atoms with Crippen molar-refractivity contribution in [3.05, 3.63) is 138 Å². The highest BCUT2D eigenvalue weighted by atomic mass is 35.5. The van der Waals surface area contributed by atoms with Gasteiger partial charge >= 0.3 is 0 Å². The highest BCUT2D eigenvalue weighted by molar-refractivity contribution is 6.19. The van der Waals surface area contributed by atoms with Crippen LogP contribution in [-0.4, -0.2) is 127 Å². The van der Waals surface area contributed by atoms with Gasteiger partial charge in [0.05, 0.1) is 17.1 Å². The summed E-state index contributed by atoms with van der Waals surface area (Å²) in [5.74, 6) is -3.70. The van der Waals surface area contributed by atoms with Crippen LogP contribution in [0.25, 0.3) is 21.7 Å². The van der Waals surface area contributed by atoms with E-state index in [1.807, 2.05) is 24.3 Å². The molecule has 0 radical (unpaired) electrons. The van der Waals surface area contributed by atoms with Gasteiger partial charge in [0, 0.05) is 145 Å². The minimum absolute atomic E-state index is 0.00642. The van der Waals surface area contributed by atoms with Crippen LogP contribution in [0.1, 0.15) is 101 Å². The van der Waals surface area contributed by atoms with Crippen LogP contribution < -0.4 is 47.4 Å². The predicted octanol–water partition coefficient (Wildman–Crippen LogP) is 5.51. The average Bonchev–Trinajstić information content (AvgIpc) is 1.71. The number of aromatic hydroxyl groups is 1. The number of phenolic OH excluding ortho intramolecular Hbond substituents is 1. The number of carbonyl (C=O) groups is 9. The molecule has 3 aromatic carbocycles. The van der Waals surface area contributed by atoms with Crippen LogP contribution in [0.5, 0.6) is 5.75 Å². The first-order chi connectivity index (χ1) is 41.6. The van der Waals surface area contributed by atoms with E-state index in [1.165, 1.54) is 62.1 Å². The standard InChI is InChI=1S/C58H59ClN18O10/c1-30(78)62-44-27-74(4)50(69-44)55(84)61-17-15-48(81)68-46-29-76(6)52(71-46)56(85)64-34-20-41(72(2)25-34)53(82)60-16-9-12-47(80)67-45-28-75(5)51(70-45)57(86)65-35-21-42(73(3)26-35)54(83)63-33-13-14-38-31(18-33)19-39(66-38)58(87)77-24-32(23-59)49-37-11-8-7-10-36(37)43(79)22-40(49)77/h7-8,10-11,13-14,18-22,25-29,32,66,79H,9,12,15-17,23-24H2,1-6H3,(H,60,82)(H,61,84)(H,62,78)(H,63,83)(H,64,85)(H,65,86)(H,67,80)(H,68,81). The lowest BCUT2D eigenvalue weighted by molar-refractivity contribution is -0.117. The number of hydrogen-bond donors (Lipinski definition) is 10. The van der Waals surface area contributed by atoms with E-state index in [0.717, 1.165) is 10.9 Å². The summed E-state index contributed by atoms with van der Waals surface area (Å²) in [6, 6.07) is 18.9. The van der Waals surface area contributed by atoms with Gasteiger partial charge < -0.3 is 80.4 Å². The zero-order valence-electron chi connectivity index (χ0n) is 47.8. The van der Waals surface area contributed by atoms with E-state index in [1.54, 1.807) is 81.2 Å². The SMILES string of the molecule is CC(=O)Nc1cn(C)c(C(=O)NCCC(=O)Nc2cn(C)c(C(=O)Nc3cc(C(=O)NCCCC(=O)Nc4cn(C)c(C(=O)Nc5cc(C(=O)Nc6ccc7[nH]c(C(=O)N8CC(CCl)c9c8cc(O)c8ccccc98)cc7c6)n(C)c5)n4)n(C)c3)n2)n1. The number of aryl methyl sites for hydroxylation is 5. The van der Waals surface area contributed by atoms with Crippen LogP contribution >= 0.6 is 11.6 Å². The van der Waals surface area contributed by atoms with Crippen molar-refractivity contribution in [2.75, 3.05) is 62.3 Å². The molecule has 0 fully saturated rings. The van der Waals surface area contributed by atoms with Gasteiger partial charge in [-0.25, -0.2) is 15.0 Å². The molecule has 1 atom stereocenters. The molecule has 1 aliphatic rings. The van der Waals surface area contributed by atoms with Gasteiger partial charge in [0.1, 0.15) is 22.8 Å². The maximum Gasteiger partial charge on any atom is 0.291 e. The number of imidazole rings is 3. The van der Waals surface area contributed by atoms with Crippen molar-refractivity contribution in [1.29, 1.82) is 0 Å². The molecule has 6 aromatic heterocycles. The molecular formula is C58H59ClN18O10. The Morgan fingerprint density at radius 3 is 1.71 bits per heavy atom. The molecule has 448 valence electrons. The Morgan fingerprint density at radius 2 is 1.11 bits per heavy atom. The minimum atomic E-state index is -0.627. The van der Waals surface area contributed by atoms with Crippen molar-refractivity contribution in [2.45, 2.75) is 32.1 Å². The maximum atomic E-state index is 14.0. The number of hydrogen-bond acceptors (Lipinski definition) is 13. The van der Waals surface area contributed by atoms with Crippen molar-refractivity contribution >= 4 is 127 Å². The second-order valence-electron chi connectivity index (χ2n) is 20.8. The number of nitrogens with one attached hydrogen (secondary N) is 9. The molecule has 9 amide bonds. The summed E-state index contributed by atoms with van der Waals surface area (Å²) in [7, 11) is 7.99. The first-order valence-electron chi connectivity index (χ1n) is 27.2. The van der Waals surface area contributed by atoms with E-state index in [-0.39, 0.29) is 114 Å². The molecule has 10 N–H and O–H groups in total. The van der Waals surface area contributed by atoms with Gasteiger partial charge in [-0.05, 0) is 53.8 Å². The third-order valence-corrected chi connectivity index (χ3v) is 14.6. The summed E-state index contributed by atoms with van der Waals surface area (Å²) in [6.45, 7) is 1.73. The fourth-order valence-electron chi connectivity index (χ4n) is 10.2. The molecule has 9 aromatic rings. The minimum Gasteiger partial charge on any atom is -0.507 e. The van der Waals surface area contributed by atoms with Crippen molar-refractivity contribution in [1.82, 2.24) is 53.4 Å². The number of amides is 9. The molecule has 0 saturated heterocycles. The zero-order chi connectivity index (χ0) is 62.0. The number of H-pyrrole nitrogens is 1. The van der Waals surface area contributed by atoms with Gasteiger partial charge in [0.2, 0.25) is 35.2 Å². The van der Waals surface area contributed by atoms with Crippen LogP contribution in [0.2, 0.25) is 0 Å². The van der Waals surface area contributed by atoms with Crippen molar-refractivity contribution in [3.63, 3.8) is 0 Å². The molecule has 1 aliphatic heterocycles. The lowest BCUT2D eigenvalue weighted by Crippen LogP contribution is -2.30. The van der Waals surface area contributed by atoms with Gasteiger partial charge in [0.25, 0.3) is 35.4 Å². The largest absolute Gasteiger partial charge is 0.507 e. The Bertz CT molecular complexity index is 4280. The second-order valence-corrected chi connectivity index (χ2v) is 21.1. The Hall–Kier alpha value is -11.0. The lowest BCUT2D eigenvalue weighted by atomic mass is 9.95. The molecule has 28 nitrogen and oxygen atoms in total. The molecule has 29 heteroatoms. The number of halogens is 1. The summed E-state index contributed by atoms with van der Waals surface area (Å²) in [6.07, 6.45) is 7.59. The lowest BCUT2D eigenvalue weighted by Gasteiger charge is -2.17. The molecule has 0 spiro atoms. The molecule has 1 unspecified atom stereocenters. The molecule has 0 aliphatic carbocycles. The molecule has 10 rings (SSSR count). The van der Waals surface area contributed by atoms with Gasteiger partial charge in [-0.3, -0.25) is 43.2 Å². The molecule has 7 heterocycles. The van der Waals surface area contributed by atoms with Crippen molar-refractivity contribution < 1.29 is 48.3 Å². The van der Waals surface area contributed by atoms with Gasteiger partial charge in [-0.1, -0.05) is 24.3 Å². The number of alkyl halides is 1. The van der Waals surface area contributed by atoms with Crippen molar-refractivity contribution in [2.24, 2.45) is 35.2 Å². The quantitative estimate of drug-likeness (QED) is 0.0333. The third kappa shape index (κ3) is 12.9. The van der Waals surface area contributed by atoms with E-state index in [4.69, 9.17) is 11.6 Å². The van der Waals surface area contributed by atoms with Crippen LogP contribution in [0.15, 0.2) is 97.7 Å². The normalized spacial score (nSPS) is 12.6. The Kier molecular flexibility index (Phi) is 16.8. The maximum absolute atomic E-state index is 14.0. The van der Waals surface area contributed by atoms with Crippen LogP contribution in [0.4, 0.5) is 40.2 Å². The van der Waals surface area contributed by atoms with Crippen LogP contribution in [-0.2, 0) is 49.6 Å². The number of aromatic nitrogens is 9. The number of phenols is 1. The number of fused-ring (bicyclic) bond motifs is 4. The third-order valence-electron chi connectivity index (χ3n) is 14.3. The topological polar surface area (TPSA) is 352 Å². The first kappa shape index (κ1) is 59.1. The monoisotopic (exact) mass is 1200 g/mol. The van der Waals surface area contributed by atoms with E-state index < -0.39 is 41.4 Å². The predicted molar refractivity (Wildman–Crippen MR) is 323 cm³/mol. The first-order valence-corrected chi connectivity index (χ1v) is 27.7. The summed E-state index contributed by atoms with van der Waals surface area (Å²) >= 11 is 6.41. The molecule has 87 heavy (non-hydrogen) atoms. The van der Waals surface area contributed by atoms with E-state index >= 15 is 0 Å². The highest BCUT2D eigenvalue weighted by Gasteiger charge is 2.36. The fourth-order valence-corrected chi connectivity index (χ4v) is 10.5. The molecule has 0 bridgehead atoms. The number of aromatic amines is 1. The number of anilines is 7. The summed E-state index contributed by atoms with van der Waals surface area (Å²) in [5, 5.41) is 34.5. The average molecular weight is 1200 g/mol.